The van der Waals surface area contributed by atoms with E-state index in [0.717, 1.165) is 25.4 Å². The topological polar surface area (TPSA) is 32.3 Å². The lowest BCUT2D eigenvalue weighted by Crippen LogP contribution is -2.31. The smallest absolute Gasteiger partial charge is 0.0669 e. The van der Waals surface area contributed by atoms with E-state index < -0.39 is 0 Å². The van der Waals surface area contributed by atoms with E-state index in [0.29, 0.717) is 0 Å². The molecule has 0 heterocycles. The van der Waals surface area contributed by atoms with Crippen molar-refractivity contribution in [1.29, 1.82) is 0 Å². The van der Waals surface area contributed by atoms with Crippen LogP contribution in [0.1, 0.15) is 47.5 Å². The molecule has 0 aromatic heterocycles. The first-order valence-corrected chi connectivity index (χ1v) is 5.70. The first kappa shape index (κ1) is 13.9. The van der Waals surface area contributed by atoms with Crippen LogP contribution in [0.3, 0.4) is 0 Å². The Bertz CT molecular complexity index is 138. The van der Waals surface area contributed by atoms with Gasteiger partial charge < -0.3 is 10.4 Å². The van der Waals surface area contributed by atoms with Gasteiger partial charge in [0, 0.05) is 6.54 Å². The Kier molecular flexibility index (Phi) is 6.38. The third-order valence-corrected chi connectivity index (χ3v) is 2.13. The van der Waals surface area contributed by atoms with Crippen molar-refractivity contribution in [1.82, 2.24) is 5.32 Å². The van der Waals surface area contributed by atoms with Gasteiger partial charge in [0.25, 0.3) is 0 Å². The summed E-state index contributed by atoms with van der Waals surface area (Å²) in [5.74, 6) is 0.738. The zero-order chi connectivity index (χ0) is 11.2. The van der Waals surface area contributed by atoms with Crippen molar-refractivity contribution in [3.63, 3.8) is 0 Å². The van der Waals surface area contributed by atoms with Gasteiger partial charge in [-0.05, 0) is 30.7 Å². The van der Waals surface area contributed by atoms with Crippen molar-refractivity contribution < 1.29 is 5.11 Å². The molecule has 0 amide bonds. The molecule has 0 aromatic rings. The second-order valence-corrected chi connectivity index (χ2v) is 5.81. The number of hydrogen-bond donors (Lipinski definition) is 2. The molecule has 0 saturated carbocycles. The summed E-state index contributed by atoms with van der Waals surface area (Å²) in [7, 11) is 0. The zero-order valence-electron chi connectivity index (χ0n) is 10.4. The van der Waals surface area contributed by atoms with Crippen LogP contribution >= 0.6 is 0 Å². The van der Waals surface area contributed by atoms with Crippen LogP contribution < -0.4 is 5.32 Å². The molecule has 0 rings (SSSR count). The Morgan fingerprint density at radius 2 is 1.79 bits per heavy atom. The van der Waals surface area contributed by atoms with Gasteiger partial charge in [-0.25, -0.2) is 0 Å². The number of hydrogen-bond acceptors (Lipinski definition) is 2. The van der Waals surface area contributed by atoms with Crippen molar-refractivity contribution >= 4 is 0 Å². The number of aliphatic hydroxyl groups excluding tert-OH is 1. The van der Waals surface area contributed by atoms with Gasteiger partial charge in [0.05, 0.1) is 6.10 Å². The maximum Gasteiger partial charge on any atom is 0.0669 e. The molecule has 0 aliphatic carbocycles. The molecule has 0 fully saturated rings. The maximum atomic E-state index is 9.69. The molecule has 2 nitrogen and oxygen atoms in total. The van der Waals surface area contributed by atoms with E-state index in [9.17, 15) is 5.11 Å². The quantitative estimate of drug-likeness (QED) is 0.647. The maximum absolute atomic E-state index is 9.69. The van der Waals surface area contributed by atoms with Gasteiger partial charge in [-0.1, -0.05) is 34.6 Å². The fourth-order valence-electron chi connectivity index (χ4n) is 1.44. The Morgan fingerprint density at radius 3 is 2.21 bits per heavy atom. The summed E-state index contributed by atoms with van der Waals surface area (Å²) in [6.07, 6.45) is 1.84. The molecule has 86 valence electrons. The fraction of sp³-hybridized carbons (Fsp3) is 1.00. The third-order valence-electron chi connectivity index (χ3n) is 2.13. The Morgan fingerprint density at radius 1 is 1.21 bits per heavy atom. The minimum absolute atomic E-state index is 0.206. The molecule has 2 N–H and O–H groups in total. The number of nitrogens with one attached hydrogen (secondary N) is 1. The first-order valence-electron chi connectivity index (χ1n) is 5.70. The van der Waals surface area contributed by atoms with Gasteiger partial charge in [0.1, 0.15) is 0 Å². The average Bonchev–Trinajstić information content (AvgIpc) is 1.94. The van der Waals surface area contributed by atoms with Crippen LogP contribution in [0.2, 0.25) is 0 Å². The molecular weight excluding hydrogens is 174 g/mol. The van der Waals surface area contributed by atoms with Crippen molar-refractivity contribution in [2.24, 2.45) is 11.3 Å². The van der Waals surface area contributed by atoms with Crippen molar-refractivity contribution in [2.75, 3.05) is 13.1 Å². The van der Waals surface area contributed by atoms with E-state index >= 15 is 0 Å². The summed E-state index contributed by atoms with van der Waals surface area (Å²) in [6.45, 7) is 12.6. The summed E-state index contributed by atoms with van der Waals surface area (Å²) < 4.78 is 0. The average molecular weight is 201 g/mol. The number of rotatable bonds is 6. The molecule has 0 bridgehead atoms. The Labute approximate surface area is 89.1 Å². The van der Waals surface area contributed by atoms with Gasteiger partial charge in [-0.2, -0.15) is 0 Å². The van der Waals surface area contributed by atoms with E-state index in [1.165, 1.54) is 6.42 Å². The SMILES string of the molecule is CC(C)CCNCC(O)CC(C)(C)C. The predicted octanol–water partition coefficient (Wildman–Crippen LogP) is 2.42. The number of aliphatic hydroxyl groups is 1. The van der Waals surface area contributed by atoms with Crippen molar-refractivity contribution in [3.8, 4) is 0 Å². The third kappa shape index (κ3) is 10.0. The highest BCUT2D eigenvalue weighted by Gasteiger charge is 2.15. The molecule has 0 spiro atoms. The molecule has 1 atom stereocenters. The summed E-state index contributed by atoms with van der Waals surface area (Å²) in [6, 6.07) is 0. The van der Waals surface area contributed by atoms with E-state index in [1.54, 1.807) is 0 Å². The monoisotopic (exact) mass is 201 g/mol. The first-order chi connectivity index (χ1) is 6.31. The molecule has 2 heteroatoms. The molecule has 1 unspecified atom stereocenters. The molecule has 0 aromatic carbocycles. The van der Waals surface area contributed by atoms with Crippen LogP contribution in [0.5, 0.6) is 0 Å². The Balaban J connectivity index is 3.40. The van der Waals surface area contributed by atoms with E-state index in [4.69, 9.17) is 0 Å². The summed E-state index contributed by atoms with van der Waals surface area (Å²) in [4.78, 5) is 0. The zero-order valence-corrected chi connectivity index (χ0v) is 10.4. The highest BCUT2D eigenvalue weighted by Crippen LogP contribution is 2.20. The van der Waals surface area contributed by atoms with Crippen LogP contribution in [-0.4, -0.2) is 24.3 Å². The van der Waals surface area contributed by atoms with Gasteiger partial charge in [0.2, 0.25) is 0 Å². The second-order valence-electron chi connectivity index (χ2n) is 5.81. The van der Waals surface area contributed by atoms with Gasteiger partial charge in [-0.3, -0.25) is 0 Å². The van der Waals surface area contributed by atoms with Crippen LogP contribution in [0.4, 0.5) is 0 Å². The van der Waals surface area contributed by atoms with E-state index in [1.807, 2.05) is 0 Å². The molecular formula is C12H27NO. The Hall–Kier alpha value is -0.0800. The molecule has 0 aliphatic rings. The molecule has 0 saturated heterocycles. The van der Waals surface area contributed by atoms with Crippen LogP contribution in [-0.2, 0) is 0 Å². The minimum atomic E-state index is -0.206. The van der Waals surface area contributed by atoms with Gasteiger partial charge in [0.15, 0.2) is 0 Å². The fourth-order valence-corrected chi connectivity index (χ4v) is 1.44. The van der Waals surface area contributed by atoms with Crippen molar-refractivity contribution in [3.05, 3.63) is 0 Å². The van der Waals surface area contributed by atoms with Crippen molar-refractivity contribution in [2.45, 2.75) is 53.6 Å². The molecule has 14 heavy (non-hydrogen) atoms. The second kappa shape index (κ2) is 6.41. The minimum Gasteiger partial charge on any atom is -0.392 e. The summed E-state index contributed by atoms with van der Waals surface area (Å²) >= 11 is 0. The highest BCUT2D eigenvalue weighted by atomic mass is 16.3. The molecule has 0 aliphatic heterocycles. The largest absolute Gasteiger partial charge is 0.392 e. The summed E-state index contributed by atoms with van der Waals surface area (Å²) in [5, 5.41) is 13.0. The lowest BCUT2D eigenvalue weighted by Gasteiger charge is -2.22. The lowest BCUT2D eigenvalue weighted by molar-refractivity contribution is 0.119. The lowest BCUT2D eigenvalue weighted by atomic mass is 9.89. The molecule has 0 radical (unpaired) electrons. The predicted molar refractivity (Wildman–Crippen MR) is 62.4 cm³/mol. The van der Waals surface area contributed by atoms with Gasteiger partial charge >= 0.3 is 0 Å². The van der Waals surface area contributed by atoms with Crippen LogP contribution in [0, 0.1) is 11.3 Å². The van der Waals surface area contributed by atoms with Gasteiger partial charge in [-0.15, -0.1) is 0 Å². The summed E-state index contributed by atoms with van der Waals surface area (Å²) in [5.41, 5.74) is 0.221. The normalized spacial score (nSPS) is 14.8. The van der Waals surface area contributed by atoms with Crippen LogP contribution in [0.25, 0.3) is 0 Å². The van der Waals surface area contributed by atoms with E-state index in [2.05, 4.69) is 39.9 Å². The van der Waals surface area contributed by atoms with Crippen LogP contribution in [0.15, 0.2) is 0 Å². The highest BCUT2D eigenvalue weighted by molar-refractivity contribution is 4.69. The standard InChI is InChI=1S/C12H27NO/c1-10(2)6-7-13-9-11(14)8-12(3,4)5/h10-11,13-14H,6-9H2,1-5H3. The van der Waals surface area contributed by atoms with E-state index in [-0.39, 0.29) is 11.5 Å².